The van der Waals surface area contributed by atoms with Gasteiger partial charge in [-0.05, 0) is 28.1 Å². The minimum atomic E-state index is -0.0562. The lowest BCUT2D eigenvalue weighted by atomic mass is 10.1. The van der Waals surface area contributed by atoms with Gasteiger partial charge in [-0.25, -0.2) is 0 Å². The highest BCUT2D eigenvalue weighted by molar-refractivity contribution is 9.10. The average molecular weight is 344 g/mol. The second-order valence-corrected chi connectivity index (χ2v) is 4.98. The van der Waals surface area contributed by atoms with Crippen LogP contribution in [0.5, 0.6) is 0 Å². The third-order valence-electron chi connectivity index (χ3n) is 2.23. The van der Waals surface area contributed by atoms with E-state index in [0.717, 1.165) is 4.47 Å². The number of nitrogens with zero attached hydrogens (tertiary/aromatic N) is 2. The number of hydrogen-bond acceptors (Lipinski definition) is 2. The summed E-state index contributed by atoms with van der Waals surface area (Å²) in [6.07, 6.45) is 1.62. The molecule has 0 bridgehead atoms. The van der Waals surface area contributed by atoms with Crippen LogP contribution >= 0.6 is 31.9 Å². The summed E-state index contributed by atoms with van der Waals surface area (Å²) >= 11 is 6.69. The van der Waals surface area contributed by atoms with E-state index in [4.69, 9.17) is 0 Å². The topological polar surface area (TPSA) is 34.9 Å². The predicted octanol–water partition coefficient (Wildman–Crippen LogP) is 3.18. The molecular formula is C11H8Br2N2O. The molecule has 1 aromatic heterocycles. The normalized spacial score (nSPS) is 10.4. The molecular weight excluding hydrogens is 336 g/mol. The molecule has 0 unspecified atom stereocenters. The van der Waals surface area contributed by atoms with Gasteiger partial charge in [0.25, 0.3) is 0 Å². The molecule has 0 spiro atoms. The van der Waals surface area contributed by atoms with E-state index in [-0.39, 0.29) is 5.78 Å². The van der Waals surface area contributed by atoms with E-state index < -0.39 is 0 Å². The third kappa shape index (κ3) is 1.97. The predicted molar refractivity (Wildman–Crippen MR) is 68.5 cm³/mol. The molecule has 0 aliphatic rings. The molecule has 0 radical (unpaired) electrons. The van der Waals surface area contributed by atoms with Gasteiger partial charge in [-0.2, -0.15) is 5.10 Å². The van der Waals surface area contributed by atoms with Crippen molar-refractivity contribution in [2.75, 3.05) is 0 Å². The van der Waals surface area contributed by atoms with Crippen LogP contribution in [0.15, 0.2) is 39.4 Å². The molecule has 5 heteroatoms. The number of carbonyl (C=O) groups excluding carboxylic acids is 1. The number of ketones is 1. The van der Waals surface area contributed by atoms with Crippen molar-refractivity contribution >= 4 is 37.6 Å². The summed E-state index contributed by atoms with van der Waals surface area (Å²) < 4.78 is 3.05. The summed E-state index contributed by atoms with van der Waals surface area (Å²) in [6, 6.07) is 7.34. The average Bonchev–Trinajstić information content (AvgIpc) is 2.58. The quantitative estimate of drug-likeness (QED) is 0.785. The van der Waals surface area contributed by atoms with Crippen molar-refractivity contribution in [3.05, 3.63) is 50.7 Å². The molecule has 3 nitrogen and oxygen atoms in total. The van der Waals surface area contributed by atoms with Crippen LogP contribution in [0.2, 0.25) is 0 Å². The van der Waals surface area contributed by atoms with Crippen molar-refractivity contribution in [3.8, 4) is 0 Å². The van der Waals surface area contributed by atoms with Gasteiger partial charge in [-0.15, -0.1) is 0 Å². The largest absolute Gasteiger partial charge is 0.287 e. The van der Waals surface area contributed by atoms with Gasteiger partial charge in [-0.3, -0.25) is 9.48 Å². The van der Waals surface area contributed by atoms with Crippen molar-refractivity contribution in [1.82, 2.24) is 9.78 Å². The number of benzene rings is 1. The van der Waals surface area contributed by atoms with Gasteiger partial charge >= 0.3 is 0 Å². The number of aryl methyl sites for hydroxylation is 1. The number of halogens is 2. The highest BCUT2D eigenvalue weighted by Gasteiger charge is 2.18. The van der Waals surface area contributed by atoms with Crippen LogP contribution in [-0.4, -0.2) is 15.6 Å². The first kappa shape index (κ1) is 11.5. The molecule has 2 rings (SSSR count). The lowest BCUT2D eigenvalue weighted by Gasteiger charge is -2.04. The van der Waals surface area contributed by atoms with E-state index in [1.54, 1.807) is 24.0 Å². The first-order valence-corrected chi connectivity index (χ1v) is 6.16. The summed E-state index contributed by atoms with van der Waals surface area (Å²) in [6.45, 7) is 0. The summed E-state index contributed by atoms with van der Waals surface area (Å²) in [4.78, 5) is 12.2. The van der Waals surface area contributed by atoms with Gasteiger partial charge in [0.15, 0.2) is 0 Å². The van der Waals surface area contributed by atoms with E-state index in [2.05, 4.69) is 37.0 Å². The summed E-state index contributed by atoms with van der Waals surface area (Å²) in [7, 11) is 1.74. The maximum Gasteiger partial charge on any atom is 0.213 e. The highest BCUT2D eigenvalue weighted by atomic mass is 79.9. The number of hydrogen-bond donors (Lipinski definition) is 0. The van der Waals surface area contributed by atoms with Crippen LogP contribution in [0.4, 0.5) is 0 Å². The van der Waals surface area contributed by atoms with E-state index in [1.165, 1.54) is 0 Å². The van der Waals surface area contributed by atoms with E-state index >= 15 is 0 Å². The van der Waals surface area contributed by atoms with Gasteiger partial charge in [0, 0.05) is 17.1 Å². The van der Waals surface area contributed by atoms with Gasteiger partial charge in [0.05, 0.1) is 10.7 Å². The molecule has 0 aliphatic carbocycles. The zero-order chi connectivity index (χ0) is 11.7. The summed E-state index contributed by atoms with van der Waals surface area (Å²) in [5.41, 5.74) is 1.18. The Labute approximate surface area is 110 Å². The van der Waals surface area contributed by atoms with Gasteiger partial charge in [0.1, 0.15) is 5.69 Å². The zero-order valence-electron chi connectivity index (χ0n) is 8.45. The molecule has 1 aromatic carbocycles. The Morgan fingerprint density at radius 1 is 1.25 bits per heavy atom. The Hall–Kier alpha value is -0.940. The first-order valence-electron chi connectivity index (χ1n) is 4.58. The Morgan fingerprint density at radius 2 is 1.94 bits per heavy atom. The van der Waals surface area contributed by atoms with Crippen LogP contribution < -0.4 is 0 Å². The van der Waals surface area contributed by atoms with Crippen molar-refractivity contribution in [3.63, 3.8) is 0 Å². The smallest absolute Gasteiger partial charge is 0.213 e. The monoisotopic (exact) mass is 342 g/mol. The Balaban J connectivity index is 2.52. The molecule has 16 heavy (non-hydrogen) atoms. The van der Waals surface area contributed by atoms with E-state index in [9.17, 15) is 4.79 Å². The summed E-state index contributed by atoms with van der Waals surface area (Å²) in [5, 5.41) is 4.03. The number of aromatic nitrogens is 2. The molecule has 0 N–H and O–H groups in total. The zero-order valence-corrected chi connectivity index (χ0v) is 11.6. The third-order valence-corrected chi connectivity index (χ3v) is 3.50. The lowest BCUT2D eigenvalue weighted by Crippen LogP contribution is -2.09. The van der Waals surface area contributed by atoms with Crippen LogP contribution in [0.25, 0.3) is 0 Å². The standard InChI is InChI=1S/C11H8Br2N2O/c1-15-10(9(13)6-14-15)11(16)7-4-2-3-5-8(7)12/h2-6H,1H3. The maximum absolute atomic E-state index is 12.2. The molecule has 0 amide bonds. The summed E-state index contributed by atoms with van der Waals surface area (Å²) in [5.74, 6) is -0.0562. The van der Waals surface area contributed by atoms with Crippen LogP contribution in [0.3, 0.4) is 0 Å². The fourth-order valence-corrected chi connectivity index (χ4v) is 2.43. The Kier molecular flexibility index (Phi) is 3.25. The SMILES string of the molecule is Cn1ncc(Br)c1C(=O)c1ccccc1Br. The first-order chi connectivity index (χ1) is 7.61. The maximum atomic E-state index is 12.2. The number of rotatable bonds is 2. The van der Waals surface area contributed by atoms with E-state index in [1.807, 2.05) is 18.2 Å². The van der Waals surface area contributed by atoms with Gasteiger partial charge in [-0.1, -0.05) is 28.1 Å². The molecule has 0 fully saturated rings. The second-order valence-electron chi connectivity index (χ2n) is 3.27. The van der Waals surface area contributed by atoms with Crippen molar-refractivity contribution in [2.45, 2.75) is 0 Å². The number of carbonyl (C=O) groups is 1. The minimum absolute atomic E-state index is 0.0562. The Bertz CT molecular complexity index is 529. The van der Waals surface area contributed by atoms with Crippen LogP contribution in [-0.2, 0) is 7.05 Å². The van der Waals surface area contributed by atoms with Crippen molar-refractivity contribution in [1.29, 1.82) is 0 Å². The fourth-order valence-electron chi connectivity index (χ4n) is 1.44. The van der Waals surface area contributed by atoms with Gasteiger partial charge in [0.2, 0.25) is 5.78 Å². The molecule has 1 heterocycles. The second kappa shape index (κ2) is 4.51. The van der Waals surface area contributed by atoms with Gasteiger partial charge < -0.3 is 0 Å². The molecule has 0 aliphatic heterocycles. The lowest BCUT2D eigenvalue weighted by molar-refractivity contribution is 0.102. The fraction of sp³-hybridized carbons (Fsp3) is 0.0909. The molecule has 2 aromatic rings. The van der Waals surface area contributed by atoms with Crippen LogP contribution in [0.1, 0.15) is 16.1 Å². The minimum Gasteiger partial charge on any atom is -0.287 e. The van der Waals surface area contributed by atoms with Crippen LogP contribution in [0, 0.1) is 0 Å². The molecule has 0 saturated heterocycles. The molecule has 82 valence electrons. The highest BCUT2D eigenvalue weighted by Crippen LogP contribution is 2.23. The molecule has 0 atom stereocenters. The molecule has 0 saturated carbocycles. The Morgan fingerprint density at radius 3 is 2.50 bits per heavy atom. The van der Waals surface area contributed by atoms with Crippen molar-refractivity contribution < 1.29 is 4.79 Å². The van der Waals surface area contributed by atoms with E-state index in [0.29, 0.717) is 15.7 Å². The van der Waals surface area contributed by atoms with Crippen molar-refractivity contribution in [2.24, 2.45) is 7.05 Å².